The molecule has 0 radical (unpaired) electrons. The fraction of sp³-hybridized carbons (Fsp3) is 0.348. The molecular weight excluding hydrogens is 1130 g/mol. The van der Waals surface area contributed by atoms with E-state index in [2.05, 4.69) is 91.2 Å². The zero-order chi connectivity index (χ0) is 57.6. The van der Waals surface area contributed by atoms with E-state index in [1.54, 1.807) is 6.08 Å². The fourth-order valence-electron chi connectivity index (χ4n) is 6.36. The van der Waals surface area contributed by atoms with Gasteiger partial charge in [-0.05, 0) is 70.7 Å². The van der Waals surface area contributed by atoms with Crippen LogP contribution >= 0.6 is 15.9 Å². The minimum atomic E-state index is -1.24. The van der Waals surface area contributed by atoms with E-state index in [9.17, 15) is 15.0 Å². The topological polar surface area (TPSA) is 250 Å². The molecule has 0 aliphatic carbocycles. The van der Waals surface area contributed by atoms with Gasteiger partial charge in [0.2, 0.25) is 0 Å². The second kappa shape index (κ2) is 54.4. The van der Waals surface area contributed by atoms with E-state index in [-0.39, 0.29) is 82.2 Å². The van der Waals surface area contributed by atoms with E-state index < -0.39 is 30.4 Å². The third-order valence-electron chi connectivity index (χ3n) is 10.8. The Bertz CT molecular complexity index is 2720. The quantitative estimate of drug-likeness (QED) is 0.0157. The summed E-state index contributed by atoms with van der Waals surface area (Å²) in [6, 6.07) is 58.2. The Morgan fingerprint density at radius 3 is 1.05 bits per heavy atom. The molecule has 0 aromatic heterocycles. The average molecular weight is 1220 g/mol. The van der Waals surface area contributed by atoms with Crippen molar-refractivity contribution in [2.24, 2.45) is 15.3 Å². The fourth-order valence-corrected chi connectivity index (χ4v) is 6.74. The summed E-state index contributed by atoms with van der Waals surface area (Å²) in [5.74, 6) is -1.16. The Morgan fingerprint density at radius 2 is 0.762 bits per heavy atom. The zero-order valence-electron chi connectivity index (χ0n) is 45.0. The minimum Gasteiger partial charge on any atom is -0.479 e. The molecule has 0 spiro atoms. The van der Waals surface area contributed by atoms with E-state index in [0.29, 0.717) is 19.8 Å². The summed E-state index contributed by atoms with van der Waals surface area (Å²) in [6.45, 7) is 15.2. The summed E-state index contributed by atoms with van der Waals surface area (Å²) < 4.78 is 28.5. The summed E-state index contributed by atoms with van der Waals surface area (Å²) in [5, 5.41) is 30.5. The highest BCUT2D eigenvalue weighted by atomic mass is 79.9. The Morgan fingerprint density at radius 1 is 0.488 bits per heavy atom. The summed E-state index contributed by atoms with van der Waals surface area (Å²) in [4.78, 5) is 19.7. The standard InChI is InChI=1S/C19H21N3O2.C18H19N3O4.C12H15N3O2.C7H7Br.C5H10.5CH4/c1-2-18(23-14-16-9-5-3-6-10-16)19(13-21-22-20)24-15-17-11-7-4-8-12-17;19-21-20-11-16(24-12-14-7-3-1-4-8-14)17(18(22)23)25-13-15-9-5-2-6-10-15;1-2-12(11(16)8-14-15-13)17-9-10-6-4-3-5-7-10;8-6-7-4-2-1-3-5-7;1-4-5(2)3;;;;;/h2-12,18-19H,1,13-15H2;1-10,16-17H,11-13H2,(H,22,23);2-7,11-12,16H,1,8-9H2;1-5H,6H2;4H,1-3H3;5*1H4/t18-,19+;16-,17-;11-,12+;;;;;;;/m011......./s1. The van der Waals surface area contributed by atoms with Crippen LogP contribution in [0.15, 0.2) is 234 Å². The van der Waals surface area contributed by atoms with Crippen molar-refractivity contribution in [1.82, 2.24) is 0 Å². The molecule has 0 saturated carbocycles. The lowest BCUT2D eigenvalue weighted by Crippen LogP contribution is -2.40. The van der Waals surface area contributed by atoms with Gasteiger partial charge in [-0.2, -0.15) is 0 Å². The van der Waals surface area contributed by atoms with Crippen LogP contribution in [-0.4, -0.2) is 72.4 Å². The third-order valence-corrected chi connectivity index (χ3v) is 11.5. The molecule has 17 nitrogen and oxygen atoms in total. The first-order chi connectivity index (χ1) is 38.5. The number of ether oxygens (including phenoxy) is 5. The predicted octanol–water partition coefficient (Wildman–Crippen LogP) is 18.4. The van der Waals surface area contributed by atoms with Crippen LogP contribution in [0.4, 0.5) is 0 Å². The van der Waals surface area contributed by atoms with Crippen LogP contribution in [0.25, 0.3) is 31.3 Å². The van der Waals surface area contributed by atoms with Crippen molar-refractivity contribution in [3.63, 3.8) is 0 Å². The number of aliphatic hydroxyl groups excluding tert-OH is 1. The van der Waals surface area contributed by atoms with Gasteiger partial charge in [0.15, 0.2) is 6.10 Å². The van der Waals surface area contributed by atoms with Crippen LogP contribution < -0.4 is 0 Å². The number of azide groups is 3. The molecule has 0 saturated heterocycles. The minimum absolute atomic E-state index is 0. The number of aliphatic carboxylic acids is 1. The number of hydrogen-bond acceptors (Lipinski definition) is 10. The number of rotatable bonds is 28. The number of allylic oxidation sites excluding steroid dienone is 2. The van der Waals surface area contributed by atoms with Gasteiger partial charge in [-0.25, -0.2) is 4.79 Å². The van der Waals surface area contributed by atoms with Crippen LogP contribution in [-0.2, 0) is 66.8 Å². The molecule has 0 aliphatic rings. The first kappa shape index (κ1) is 82.6. The lowest BCUT2D eigenvalue weighted by molar-refractivity contribution is -0.163. The monoisotopic (exact) mass is 1220 g/mol. The Kier molecular flexibility index (Phi) is 53.6. The molecule has 84 heavy (non-hydrogen) atoms. The maximum Gasteiger partial charge on any atom is 0.335 e. The number of alkyl halides is 1. The van der Waals surface area contributed by atoms with Gasteiger partial charge in [-0.1, -0.05) is 274 Å². The molecule has 0 heterocycles. The zero-order valence-corrected chi connectivity index (χ0v) is 46.6. The van der Waals surface area contributed by atoms with Gasteiger partial charge < -0.3 is 33.9 Å². The van der Waals surface area contributed by atoms with Gasteiger partial charge in [0.05, 0.1) is 64.9 Å². The van der Waals surface area contributed by atoms with E-state index in [4.69, 9.17) is 40.3 Å². The highest BCUT2D eigenvalue weighted by Gasteiger charge is 2.30. The number of benzene rings is 6. The van der Waals surface area contributed by atoms with Gasteiger partial charge in [-0.3, -0.25) is 0 Å². The van der Waals surface area contributed by atoms with E-state index >= 15 is 0 Å². The number of hydrogen-bond donors (Lipinski definition) is 2. The number of halogens is 1. The van der Waals surface area contributed by atoms with Crippen LogP contribution in [0, 0.1) is 0 Å². The maximum absolute atomic E-state index is 11.6. The van der Waals surface area contributed by atoms with E-state index in [1.807, 2.05) is 177 Å². The first-order valence-electron chi connectivity index (χ1n) is 25.2. The predicted molar refractivity (Wildman–Crippen MR) is 349 cm³/mol. The molecular formula is C66H92BrN9O8. The molecule has 6 aromatic carbocycles. The maximum atomic E-state index is 11.6. The Labute approximate surface area is 509 Å². The van der Waals surface area contributed by atoms with Crippen molar-refractivity contribution >= 4 is 21.9 Å². The van der Waals surface area contributed by atoms with E-state index in [1.165, 1.54) is 17.2 Å². The molecule has 2 N–H and O–H groups in total. The summed E-state index contributed by atoms with van der Waals surface area (Å²) in [5.41, 5.74) is 32.9. The SMILES string of the molecule is BrCc1ccccc1.C.C.C.C.C.C=C[C@H](OCc1ccccc1)[C@@H](CN=[N+]=[N-])OCc1ccccc1.C=C[C@H](OCc1ccccc1)[C@H](O)CN=[N+]=[N-].CC=C(C)C.[N-]=[N+]=NC[C@@H](OCc1ccccc1)[C@@H](OCc1ccccc1)C(=O)O. The molecule has 0 amide bonds. The molecule has 456 valence electrons. The number of carboxylic acids is 1. The second-order valence-corrected chi connectivity index (χ2v) is 17.6. The van der Waals surface area contributed by atoms with Gasteiger partial charge in [0.1, 0.15) is 18.3 Å². The van der Waals surface area contributed by atoms with Crippen LogP contribution in [0.1, 0.15) is 91.3 Å². The van der Waals surface area contributed by atoms with Crippen LogP contribution in [0.2, 0.25) is 0 Å². The first-order valence-corrected chi connectivity index (χ1v) is 26.3. The van der Waals surface area contributed by atoms with Crippen LogP contribution in [0.3, 0.4) is 0 Å². The molecule has 18 heteroatoms. The van der Waals surface area contributed by atoms with Crippen molar-refractivity contribution < 1.29 is 38.7 Å². The molecule has 0 unspecified atom stereocenters. The number of nitrogens with zero attached hydrogens (tertiary/aromatic N) is 9. The molecule has 0 fully saturated rings. The summed E-state index contributed by atoms with van der Waals surface area (Å²) >= 11 is 3.36. The molecule has 6 atom stereocenters. The smallest absolute Gasteiger partial charge is 0.335 e. The van der Waals surface area contributed by atoms with Gasteiger partial charge in [-0.15, -0.1) is 13.2 Å². The Balaban J connectivity index is -0.000000507. The second-order valence-electron chi connectivity index (χ2n) is 17.0. The van der Waals surface area contributed by atoms with Gasteiger partial charge in [0, 0.05) is 20.1 Å². The number of carboxylic acid groups (broad SMARTS) is 1. The summed E-state index contributed by atoms with van der Waals surface area (Å²) in [6.07, 6.45) is 0.979. The van der Waals surface area contributed by atoms with Crippen molar-refractivity contribution in [3.8, 4) is 0 Å². The third kappa shape index (κ3) is 38.8. The van der Waals surface area contributed by atoms with Crippen LogP contribution in [0.5, 0.6) is 0 Å². The lowest BCUT2D eigenvalue weighted by atomic mass is 10.2. The average Bonchev–Trinajstić information content (AvgIpc) is 3.57. The molecule has 0 aliphatic heterocycles. The molecule has 6 rings (SSSR count). The van der Waals surface area contributed by atoms with Crippen molar-refractivity contribution in [2.75, 3.05) is 19.6 Å². The van der Waals surface area contributed by atoms with Crippen molar-refractivity contribution in [2.45, 2.75) is 133 Å². The molecule has 0 bridgehead atoms. The number of carbonyl (C=O) groups is 1. The number of aliphatic hydroxyl groups is 1. The van der Waals surface area contributed by atoms with Crippen molar-refractivity contribution in [3.05, 3.63) is 284 Å². The highest BCUT2D eigenvalue weighted by molar-refractivity contribution is 9.08. The highest BCUT2D eigenvalue weighted by Crippen LogP contribution is 2.16. The normalized spacial score (nSPS) is 11.5. The van der Waals surface area contributed by atoms with E-state index in [0.717, 1.165) is 33.1 Å². The van der Waals surface area contributed by atoms with Crippen molar-refractivity contribution in [1.29, 1.82) is 0 Å². The Hall–Kier alpha value is -7.82. The van der Waals surface area contributed by atoms with Gasteiger partial charge in [0.25, 0.3) is 0 Å². The largest absolute Gasteiger partial charge is 0.479 e. The van der Waals surface area contributed by atoms with Gasteiger partial charge >= 0.3 is 5.97 Å². The lowest BCUT2D eigenvalue weighted by Gasteiger charge is -2.24. The summed E-state index contributed by atoms with van der Waals surface area (Å²) in [7, 11) is 0. The molecule has 6 aromatic rings.